The maximum atomic E-state index is 12.2. The quantitative estimate of drug-likeness (QED) is 0.518. The highest BCUT2D eigenvalue weighted by atomic mass is 16.3. The zero-order valence-electron chi connectivity index (χ0n) is 9.03. The highest BCUT2D eigenvalue weighted by Crippen LogP contribution is 2.39. The van der Waals surface area contributed by atoms with Gasteiger partial charge in [-0.3, -0.25) is 0 Å². The third kappa shape index (κ3) is 0.986. The summed E-state index contributed by atoms with van der Waals surface area (Å²) in [5, 5.41) is 14.4. The Hall–Kier alpha value is -2.09. The number of nitrogens with zero attached hydrogens (tertiary/aromatic N) is 1. The minimum absolute atomic E-state index is 0.0734. The van der Waals surface area contributed by atoms with Gasteiger partial charge in [0.25, 0.3) is 0 Å². The lowest BCUT2D eigenvalue weighted by Crippen LogP contribution is -2.08. The van der Waals surface area contributed by atoms with Crippen LogP contribution in [0.1, 0.15) is 11.1 Å². The highest BCUT2D eigenvalue weighted by molar-refractivity contribution is 6.09. The van der Waals surface area contributed by atoms with Crippen molar-refractivity contribution >= 4 is 28.9 Å². The lowest BCUT2D eigenvalue weighted by Gasteiger charge is -2.08. The lowest BCUT2D eigenvalue weighted by molar-refractivity contribution is -0.391. The average Bonchev–Trinajstić information content (AvgIpc) is 2.55. The first kappa shape index (κ1) is 9.16. The predicted molar refractivity (Wildman–Crippen MR) is 64.1 cm³/mol. The second-order valence-electron chi connectivity index (χ2n) is 4.08. The molecule has 2 aromatic rings. The lowest BCUT2D eigenvalue weighted by atomic mass is 10.0. The fourth-order valence-corrected chi connectivity index (χ4v) is 2.36. The summed E-state index contributed by atoms with van der Waals surface area (Å²) < 4.78 is 1.65. The molecule has 0 aliphatic heterocycles. The van der Waals surface area contributed by atoms with E-state index in [4.69, 9.17) is 0 Å². The molecule has 0 saturated carbocycles. The molecular formula is C14H11NO. The molecule has 0 radical (unpaired) electrons. The van der Waals surface area contributed by atoms with Crippen LogP contribution in [0.2, 0.25) is 0 Å². The summed E-state index contributed by atoms with van der Waals surface area (Å²) >= 11 is 0. The predicted octanol–water partition coefficient (Wildman–Crippen LogP) is 1.68. The summed E-state index contributed by atoms with van der Waals surface area (Å²) in [5.74, 6) is 0.0734. The number of rotatable bonds is 1. The minimum atomic E-state index is 0.0734. The van der Waals surface area contributed by atoms with Crippen LogP contribution in [0.25, 0.3) is 22.2 Å². The summed E-state index contributed by atoms with van der Waals surface area (Å²) in [5.41, 5.74) is 2.47. The Morgan fingerprint density at radius 3 is 2.31 bits per heavy atom. The van der Waals surface area contributed by atoms with Gasteiger partial charge < -0.3 is 5.11 Å². The molecule has 1 aliphatic carbocycles. The van der Waals surface area contributed by atoms with E-state index in [1.807, 2.05) is 36.4 Å². The van der Waals surface area contributed by atoms with Crippen molar-refractivity contribution < 1.29 is 9.68 Å². The normalized spacial score (nSPS) is 13.6. The average molecular weight is 209 g/mol. The molecule has 2 aromatic carbocycles. The Kier molecular flexibility index (Phi) is 1.69. The van der Waals surface area contributed by atoms with Crippen molar-refractivity contribution in [2.45, 2.75) is 0 Å². The van der Waals surface area contributed by atoms with Crippen LogP contribution in [0.4, 0.5) is 0 Å². The molecule has 0 aromatic heterocycles. The molecular weight excluding hydrogens is 198 g/mol. The molecule has 16 heavy (non-hydrogen) atoms. The monoisotopic (exact) mass is 209 g/mol. The smallest absolute Gasteiger partial charge is 0.205 e. The van der Waals surface area contributed by atoms with Gasteiger partial charge in [0.05, 0.1) is 5.56 Å². The molecule has 2 nitrogen and oxygen atoms in total. The van der Waals surface area contributed by atoms with Gasteiger partial charge in [-0.05, 0) is 22.8 Å². The summed E-state index contributed by atoms with van der Waals surface area (Å²) in [6, 6.07) is 11.8. The molecule has 0 unspecified atom stereocenters. The van der Waals surface area contributed by atoms with E-state index in [2.05, 4.69) is 6.72 Å². The molecule has 0 saturated heterocycles. The van der Waals surface area contributed by atoms with E-state index < -0.39 is 0 Å². The molecule has 0 heterocycles. The molecule has 0 fully saturated rings. The number of benzene rings is 2. The van der Waals surface area contributed by atoms with E-state index in [1.165, 1.54) is 0 Å². The Morgan fingerprint density at radius 1 is 1.06 bits per heavy atom. The maximum absolute atomic E-state index is 12.2. The number of hydrogen-bond donors (Lipinski definition) is 0. The standard InChI is InChI=1S/C14H11NO/c1-15(2)13-10-7-3-5-9-6-4-8-11(12(9)10)14(13)16/h3-8H,1H2,2H3. The van der Waals surface area contributed by atoms with Crippen molar-refractivity contribution in [1.82, 2.24) is 0 Å². The van der Waals surface area contributed by atoms with E-state index in [0.717, 1.165) is 21.9 Å². The zero-order valence-corrected chi connectivity index (χ0v) is 9.03. The first-order valence-electron chi connectivity index (χ1n) is 5.18. The first-order chi connectivity index (χ1) is 7.70. The van der Waals surface area contributed by atoms with E-state index in [-0.39, 0.29) is 5.76 Å². The van der Waals surface area contributed by atoms with Crippen LogP contribution in [0.3, 0.4) is 0 Å². The van der Waals surface area contributed by atoms with Gasteiger partial charge in [-0.2, -0.15) is 0 Å². The SMILES string of the molecule is C=[N+](C)C1=C([O-])c2cccc3cccc1c23. The Morgan fingerprint density at radius 2 is 1.69 bits per heavy atom. The molecule has 0 bridgehead atoms. The zero-order chi connectivity index (χ0) is 11.3. The highest BCUT2D eigenvalue weighted by Gasteiger charge is 2.23. The second kappa shape index (κ2) is 2.95. The van der Waals surface area contributed by atoms with Crippen molar-refractivity contribution in [2.24, 2.45) is 0 Å². The fourth-order valence-electron chi connectivity index (χ4n) is 2.36. The third-order valence-corrected chi connectivity index (χ3v) is 3.00. The van der Waals surface area contributed by atoms with E-state index in [0.29, 0.717) is 5.70 Å². The van der Waals surface area contributed by atoms with E-state index >= 15 is 0 Å². The summed E-state index contributed by atoms with van der Waals surface area (Å²) in [7, 11) is 1.80. The van der Waals surface area contributed by atoms with Crippen LogP contribution in [0, 0.1) is 0 Å². The van der Waals surface area contributed by atoms with Crippen LogP contribution < -0.4 is 5.11 Å². The Bertz CT molecular complexity index is 648. The van der Waals surface area contributed by atoms with Crippen LogP contribution in [0.15, 0.2) is 36.4 Å². The first-order valence-corrected chi connectivity index (χ1v) is 5.18. The van der Waals surface area contributed by atoms with Crippen LogP contribution in [-0.4, -0.2) is 18.3 Å². The van der Waals surface area contributed by atoms with Gasteiger partial charge in [0.1, 0.15) is 13.8 Å². The topological polar surface area (TPSA) is 26.1 Å². The summed E-state index contributed by atoms with van der Waals surface area (Å²) in [6.45, 7) is 3.82. The van der Waals surface area contributed by atoms with Gasteiger partial charge in [-0.1, -0.05) is 30.3 Å². The van der Waals surface area contributed by atoms with Crippen molar-refractivity contribution in [3.05, 3.63) is 47.5 Å². The maximum Gasteiger partial charge on any atom is 0.205 e. The van der Waals surface area contributed by atoms with Gasteiger partial charge in [-0.25, -0.2) is 4.58 Å². The molecule has 0 spiro atoms. The molecule has 1 aliphatic rings. The second-order valence-corrected chi connectivity index (χ2v) is 4.08. The summed E-state index contributed by atoms with van der Waals surface area (Å²) in [4.78, 5) is 0. The van der Waals surface area contributed by atoms with Gasteiger partial charge in [0.15, 0.2) is 0 Å². The van der Waals surface area contributed by atoms with E-state index in [9.17, 15) is 5.11 Å². The van der Waals surface area contributed by atoms with Crippen molar-refractivity contribution in [2.75, 3.05) is 7.05 Å². The largest absolute Gasteiger partial charge is 0.868 e. The Balaban J connectivity index is 2.50. The molecule has 78 valence electrons. The Labute approximate surface area is 93.8 Å². The van der Waals surface area contributed by atoms with Gasteiger partial charge >= 0.3 is 0 Å². The van der Waals surface area contributed by atoms with Crippen molar-refractivity contribution in [1.29, 1.82) is 0 Å². The minimum Gasteiger partial charge on any atom is -0.868 e. The van der Waals surface area contributed by atoms with Crippen molar-refractivity contribution in [3.8, 4) is 0 Å². The molecule has 0 N–H and O–H groups in total. The molecule has 0 amide bonds. The van der Waals surface area contributed by atoms with Gasteiger partial charge in [0, 0.05) is 5.39 Å². The molecule has 3 rings (SSSR count). The van der Waals surface area contributed by atoms with Crippen LogP contribution in [-0.2, 0) is 0 Å². The third-order valence-electron chi connectivity index (χ3n) is 3.00. The summed E-state index contributed by atoms with van der Waals surface area (Å²) in [6.07, 6.45) is 0. The molecule has 0 atom stereocenters. The van der Waals surface area contributed by atoms with Crippen LogP contribution >= 0.6 is 0 Å². The number of hydrogen-bond acceptors (Lipinski definition) is 1. The molecule has 2 heteroatoms. The fraction of sp³-hybridized carbons (Fsp3) is 0.0714. The van der Waals surface area contributed by atoms with Gasteiger partial charge in [-0.15, -0.1) is 0 Å². The van der Waals surface area contributed by atoms with Crippen LogP contribution in [0.5, 0.6) is 0 Å². The van der Waals surface area contributed by atoms with E-state index in [1.54, 1.807) is 11.6 Å². The van der Waals surface area contributed by atoms with Crippen molar-refractivity contribution in [3.63, 3.8) is 0 Å². The van der Waals surface area contributed by atoms with Gasteiger partial charge in [0.2, 0.25) is 5.70 Å².